The number of hydrogen-bond donors (Lipinski definition) is 1. The van der Waals surface area contributed by atoms with Crippen LogP contribution in [0.2, 0.25) is 0 Å². The van der Waals surface area contributed by atoms with Gasteiger partial charge in [0.1, 0.15) is 5.82 Å². The van der Waals surface area contributed by atoms with Crippen LogP contribution in [-0.4, -0.2) is 41.1 Å². The Bertz CT molecular complexity index is 318. The third kappa shape index (κ3) is 4.09. The molecule has 0 amide bonds. The second-order valence-corrected chi connectivity index (χ2v) is 4.04. The molecule has 1 unspecified atom stereocenters. The number of ether oxygens (including phenoxy) is 1. The minimum Gasteiger partial charge on any atom is -0.383 e. The molecule has 1 aromatic heterocycles. The first-order chi connectivity index (χ1) is 8.24. The molecule has 0 aromatic carbocycles. The van der Waals surface area contributed by atoms with Crippen molar-refractivity contribution in [1.82, 2.24) is 20.1 Å². The fraction of sp³-hybridized carbons (Fsp3) is 0.833. The molecule has 0 aliphatic heterocycles. The molecular weight excluding hydrogens is 216 g/mol. The average molecular weight is 240 g/mol. The Kier molecular flexibility index (Phi) is 6.15. The topological polar surface area (TPSA) is 52.0 Å². The monoisotopic (exact) mass is 240 g/mol. The Hall–Kier alpha value is -0.940. The molecule has 98 valence electrons. The van der Waals surface area contributed by atoms with Crippen LogP contribution in [0.4, 0.5) is 0 Å². The molecule has 1 N–H and O–H groups in total. The van der Waals surface area contributed by atoms with Crippen LogP contribution >= 0.6 is 0 Å². The molecule has 5 nitrogen and oxygen atoms in total. The first-order valence-electron chi connectivity index (χ1n) is 6.39. The maximum Gasteiger partial charge on any atom is 0.150 e. The highest BCUT2D eigenvalue weighted by Crippen LogP contribution is 2.02. The number of nitrogens with zero attached hydrogens (tertiary/aromatic N) is 3. The summed E-state index contributed by atoms with van der Waals surface area (Å²) in [6.07, 6.45) is 1.80. The van der Waals surface area contributed by atoms with Crippen molar-refractivity contribution >= 4 is 0 Å². The molecule has 0 saturated carbocycles. The van der Waals surface area contributed by atoms with Crippen molar-refractivity contribution in [1.29, 1.82) is 0 Å². The molecule has 0 aliphatic rings. The molecule has 5 heteroatoms. The van der Waals surface area contributed by atoms with Crippen LogP contribution in [0.5, 0.6) is 0 Å². The van der Waals surface area contributed by atoms with Crippen molar-refractivity contribution in [2.24, 2.45) is 0 Å². The van der Waals surface area contributed by atoms with E-state index in [1.54, 1.807) is 7.11 Å². The fourth-order valence-electron chi connectivity index (χ4n) is 1.86. The summed E-state index contributed by atoms with van der Waals surface area (Å²) in [5, 5.41) is 7.91. The Morgan fingerprint density at radius 3 is 2.59 bits per heavy atom. The minimum atomic E-state index is 0.293. The number of aromatic nitrogens is 3. The highest BCUT2D eigenvalue weighted by Gasteiger charge is 2.13. The van der Waals surface area contributed by atoms with E-state index in [0.717, 1.165) is 37.6 Å². The largest absolute Gasteiger partial charge is 0.383 e. The lowest BCUT2D eigenvalue weighted by Gasteiger charge is -2.17. The first-order valence-corrected chi connectivity index (χ1v) is 6.39. The lowest BCUT2D eigenvalue weighted by molar-refractivity contribution is 0.157. The van der Waals surface area contributed by atoms with Crippen molar-refractivity contribution < 1.29 is 4.74 Å². The van der Waals surface area contributed by atoms with E-state index >= 15 is 0 Å². The van der Waals surface area contributed by atoms with E-state index in [2.05, 4.69) is 36.2 Å². The summed E-state index contributed by atoms with van der Waals surface area (Å²) in [6.45, 7) is 8.73. The van der Waals surface area contributed by atoms with Crippen molar-refractivity contribution in [3.63, 3.8) is 0 Å². The number of aryl methyl sites for hydroxylation is 2. The van der Waals surface area contributed by atoms with E-state index in [1.165, 1.54) is 0 Å². The summed E-state index contributed by atoms with van der Waals surface area (Å²) in [5.41, 5.74) is 0. The Morgan fingerprint density at radius 2 is 2.06 bits per heavy atom. The van der Waals surface area contributed by atoms with Gasteiger partial charge in [-0.3, -0.25) is 0 Å². The summed E-state index contributed by atoms with van der Waals surface area (Å²) in [7, 11) is 1.73. The normalized spacial score (nSPS) is 12.9. The lowest BCUT2D eigenvalue weighted by Crippen LogP contribution is -2.37. The molecule has 17 heavy (non-hydrogen) atoms. The number of nitrogens with one attached hydrogen (secondary N) is 1. The number of methoxy groups -OCH3 is 1. The standard InChI is InChI=1S/C12H24N4O/c1-5-11-14-12(6-2)16(15-11)8-10(9-17-4)13-7-3/h10,13H,5-9H2,1-4H3. The lowest BCUT2D eigenvalue weighted by atomic mass is 10.3. The van der Waals surface area contributed by atoms with E-state index in [1.807, 2.05) is 4.68 Å². The van der Waals surface area contributed by atoms with Crippen molar-refractivity contribution in [3.05, 3.63) is 11.6 Å². The van der Waals surface area contributed by atoms with Gasteiger partial charge in [-0.05, 0) is 6.54 Å². The first kappa shape index (κ1) is 14.1. The van der Waals surface area contributed by atoms with Gasteiger partial charge in [-0.15, -0.1) is 0 Å². The van der Waals surface area contributed by atoms with E-state index in [-0.39, 0.29) is 0 Å². The second-order valence-electron chi connectivity index (χ2n) is 4.04. The van der Waals surface area contributed by atoms with Crippen molar-refractivity contribution in [2.45, 2.75) is 46.2 Å². The van der Waals surface area contributed by atoms with Crippen LogP contribution in [0, 0.1) is 0 Å². The zero-order valence-electron chi connectivity index (χ0n) is 11.4. The molecular formula is C12H24N4O. The number of hydrogen-bond acceptors (Lipinski definition) is 4. The van der Waals surface area contributed by atoms with Gasteiger partial charge in [-0.2, -0.15) is 5.10 Å². The average Bonchev–Trinajstić information content (AvgIpc) is 2.72. The summed E-state index contributed by atoms with van der Waals surface area (Å²) in [6, 6.07) is 0.293. The predicted octanol–water partition coefficient (Wildman–Crippen LogP) is 1.03. The Balaban J connectivity index is 2.72. The number of rotatable bonds is 8. The highest BCUT2D eigenvalue weighted by atomic mass is 16.5. The van der Waals surface area contributed by atoms with Crippen molar-refractivity contribution in [2.75, 3.05) is 20.3 Å². The molecule has 1 rings (SSSR count). The second kappa shape index (κ2) is 7.40. The third-order valence-electron chi connectivity index (χ3n) is 2.68. The van der Waals surface area contributed by atoms with E-state index in [4.69, 9.17) is 4.74 Å². The third-order valence-corrected chi connectivity index (χ3v) is 2.68. The predicted molar refractivity (Wildman–Crippen MR) is 68.1 cm³/mol. The quantitative estimate of drug-likeness (QED) is 0.737. The summed E-state index contributed by atoms with van der Waals surface area (Å²) in [4.78, 5) is 4.50. The Labute approximate surface area is 104 Å². The van der Waals surface area contributed by atoms with Gasteiger partial charge in [-0.1, -0.05) is 20.8 Å². The fourth-order valence-corrected chi connectivity index (χ4v) is 1.86. The zero-order chi connectivity index (χ0) is 12.7. The zero-order valence-corrected chi connectivity index (χ0v) is 11.4. The van der Waals surface area contributed by atoms with Gasteiger partial charge in [0, 0.05) is 20.0 Å². The van der Waals surface area contributed by atoms with Crippen LogP contribution in [0.25, 0.3) is 0 Å². The van der Waals surface area contributed by atoms with E-state index < -0.39 is 0 Å². The molecule has 0 radical (unpaired) electrons. The molecule has 1 heterocycles. The molecule has 0 fully saturated rings. The molecule has 1 atom stereocenters. The van der Waals surface area contributed by atoms with Gasteiger partial charge in [0.05, 0.1) is 19.2 Å². The SMILES string of the molecule is CCNC(COC)Cn1nc(CC)nc1CC. The van der Waals surface area contributed by atoms with Gasteiger partial charge in [0.2, 0.25) is 0 Å². The molecule has 1 aromatic rings. The van der Waals surface area contributed by atoms with Crippen LogP contribution in [0.15, 0.2) is 0 Å². The van der Waals surface area contributed by atoms with E-state index in [9.17, 15) is 0 Å². The van der Waals surface area contributed by atoms with Crippen LogP contribution in [0.1, 0.15) is 32.4 Å². The van der Waals surface area contributed by atoms with Gasteiger partial charge in [-0.25, -0.2) is 9.67 Å². The van der Waals surface area contributed by atoms with Crippen LogP contribution in [0.3, 0.4) is 0 Å². The molecule has 0 saturated heterocycles. The van der Waals surface area contributed by atoms with E-state index in [0.29, 0.717) is 12.6 Å². The number of likely N-dealkylation sites (N-methyl/N-ethyl adjacent to an activating group) is 1. The Morgan fingerprint density at radius 1 is 1.29 bits per heavy atom. The molecule has 0 aliphatic carbocycles. The van der Waals surface area contributed by atoms with Gasteiger partial charge < -0.3 is 10.1 Å². The minimum absolute atomic E-state index is 0.293. The van der Waals surface area contributed by atoms with Crippen LogP contribution in [-0.2, 0) is 24.1 Å². The van der Waals surface area contributed by atoms with Gasteiger partial charge >= 0.3 is 0 Å². The molecule has 0 spiro atoms. The van der Waals surface area contributed by atoms with Gasteiger partial charge in [0.15, 0.2) is 5.82 Å². The highest BCUT2D eigenvalue weighted by molar-refractivity contribution is 4.93. The van der Waals surface area contributed by atoms with Crippen LogP contribution < -0.4 is 5.32 Å². The maximum atomic E-state index is 5.21. The summed E-state index contributed by atoms with van der Waals surface area (Å²) in [5.74, 6) is 1.98. The summed E-state index contributed by atoms with van der Waals surface area (Å²) < 4.78 is 7.22. The maximum absolute atomic E-state index is 5.21. The smallest absolute Gasteiger partial charge is 0.150 e. The summed E-state index contributed by atoms with van der Waals surface area (Å²) >= 11 is 0. The molecule has 0 bridgehead atoms. The van der Waals surface area contributed by atoms with Crippen molar-refractivity contribution in [3.8, 4) is 0 Å². The van der Waals surface area contributed by atoms with Gasteiger partial charge in [0.25, 0.3) is 0 Å².